The first-order valence-electron chi connectivity index (χ1n) is 6.23. The maximum atomic E-state index is 6.02. The van der Waals surface area contributed by atoms with Crippen LogP contribution in [0.5, 0.6) is 0 Å². The lowest BCUT2D eigenvalue weighted by Crippen LogP contribution is -2.07. The Kier molecular flexibility index (Phi) is 4.24. The summed E-state index contributed by atoms with van der Waals surface area (Å²) >= 11 is 14.1. The Bertz CT molecular complexity index is 816. The molecule has 0 saturated carbocycles. The standard InChI is InChI=1S/C14H11Cl2IN4/c1-8-4-13-18-7-12(17)21(13)20-14(8)19-6-9-2-3-10(15)11(16)5-9/h2-5,7H,6H2,1H3,(H,19,20). The highest BCUT2D eigenvalue weighted by molar-refractivity contribution is 14.1. The Morgan fingerprint density at radius 1 is 1.24 bits per heavy atom. The summed E-state index contributed by atoms with van der Waals surface area (Å²) in [5, 5.41) is 9.00. The van der Waals surface area contributed by atoms with E-state index in [-0.39, 0.29) is 0 Å². The monoisotopic (exact) mass is 432 g/mol. The van der Waals surface area contributed by atoms with Gasteiger partial charge in [-0.05, 0) is 58.8 Å². The molecule has 0 atom stereocenters. The lowest BCUT2D eigenvalue weighted by Gasteiger charge is -2.10. The van der Waals surface area contributed by atoms with E-state index in [2.05, 4.69) is 38.0 Å². The van der Waals surface area contributed by atoms with Crippen molar-refractivity contribution in [2.24, 2.45) is 0 Å². The Labute approximate surface area is 145 Å². The van der Waals surface area contributed by atoms with Crippen molar-refractivity contribution in [3.63, 3.8) is 0 Å². The Morgan fingerprint density at radius 3 is 2.81 bits per heavy atom. The van der Waals surface area contributed by atoms with Gasteiger partial charge in [0.05, 0.1) is 16.2 Å². The Hall–Kier alpha value is -1.05. The van der Waals surface area contributed by atoms with Gasteiger partial charge in [-0.2, -0.15) is 0 Å². The molecule has 0 radical (unpaired) electrons. The van der Waals surface area contributed by atoms with Gasteiger partial charge < -0.3 is 5.32 Å². The van der Waals surface area contributed by atoms with Crippen LogP contribution in [0.1, 0.15) is 11.1 Å². The Morgan fingerprint density at radius 2 is 2.05 bits per heavy atom. The molecule has 2 aromatic heterocycles. The van der Waals surface area contributed by atoms with Gasteiger partial charge in [-0.15, -0.1) is 5.10 Å². The van der Waals surface area contributed by atoms with E-state index in [1.807, 2.05) is 29.6 Å². The number of nitrogens with zero attached hydrogens (tertiary/aromatic N) is 3. The summed E-state index contributed by atoms with van der Waals surface area (Å²) in [5.41, 5.74) is 2.94. The van der Waals surface area contributed by atoms with Crippen molar-refractivity contribution >= 4 is 57.3 Å². The van der Waals surface area contributed by atoms with E-state index in [9.17, 15) is 0 Å². The molecule has 0 aliphatic heterocycles. The predicted octanol–water partition coefficient (Wildman–Crippen LogP) is 4.56. The molecule has 21 heavy (non-hydrogen) atoms. The molecule has 0 saturated heterocycles. The molecule has 0 unspecified atom stereocenters. The fourth-order valence-electron chi connectivity index (χ4n) is 1.99. The van der Waals surface area contributed by atoms with Crippen molar-refractivity contribution in [2.75, 3.05) is 5.32 Å². The predicted molar refractivity (Wildman–Crippen MR) is 94.2 cm³/mol. The summed E-state index contributed by atoms with van der Waals surface area (Å²) in [5.74, 6) is 0.824. The van der Waals surface area contributed by atoms with E-state index < -0.39 is 0 Å². The minimum Gasteiger partial charge on any atom is -0.364 e. The van der Waals surface area contributed by atoms with Crippen molar-refractivity contribution in [2.45, 2.75) is 13.5 Å². The number of rotatable bonds is 3. The van der Waals surface area contributed by atoms with Crippen LogP contribution in [0.2, 0.25) is 10.0 Å². The molecule has 3 aromatic rings. The minimum absolute atomic E-state index is 0.556. The molecule has 2 heterocycles. The molecule has 7 heteroatoms. The van der Waals surface area contributed by atoms with E-state index in [1.165, 1.54) is 0 Å². The number of aryl methyl sites for hydroxylation is 1. The van der Waals surface area contributed by atoms with Crippen LogP contribution in [0.3, 0.4) is 0 Å². The van der Waals surface area contributed by atoms with E-state index in [1.54, 1.807) is 12.3 Å². The molecule has 0 fully saturated rings. The molecule has 0 amide bonds. The van der Waals surface area contributed by atoms with Gasteiger partial charge in [0.15, 0.2) is 5.65 Å². The highest BCUT2D eigenvalue weighted by Gasteiger charge is 2.07. The lowest BCUT2D eigenvalue weighted by molar-refractivity contribution is 0.897. The van der Waals surface area contributed by atoms with Gasteiger partial charge in [0.2, 0.25) is 0 Å². The van der Waals surface area contributed by atoms with Gasteiger partial charge in [-0.25, -0.2) is 9.50 Å². The second-order valence-electron chi connectivity index (χ2n) is 4.63. The van der Waals surface area contributed by atoms with Crippen LogP contribution in [0.15, 0.2) is 30.5 Å². The van der Waals surface area contributed by atoms with E-state index in [4.69, 9.17) is 23.2 Å². The van der Waals surface area contributed by atoms with Crippen molar-refractivity contribution in [1.29, 1.82) is 0 Å². The molecule has 1 aromatic carbocycles. The van der Waals surface area contributed by atoms with Gasteiger partial charge in [-0.1, -0.05) is 29.3 Å². The van der Waals surface area contributed by atoms with E-state index in [0.29, 0.717) is 16.6 Å². The van der Waals surface area contributed by atoms with Crippen molar-refractivity contribution in [1.82, 2.24) is 14.6 Å². The minimum atomic E-state index is 0.556. The molecule has 3 rings (SSSR count). The molecule has 0 aliphatic carbocycles. The maximum Gasteiger partial charge on any atom is 0.155 e. The number of anilines is 1. The maximum absolute atomic E-state index is 6.02. The fraction of sp³-hybridized carbons (Fsp3) is 0.143. The highest BCUT2D eigenvalue weighted by atomic mass is 127. The van der Waals surface area contributed by atoms with Crippen LogP contribution in [-0.2, 0) is 6.54 Å². The molecular formula is C14H11Cl2IN4. The average Bonchev–Trinajstić information content (AvgIpc) is 2.81. The first-order valence-corrected chi connectivity index (χ1v) is 8.07. The quantitative estimate of drug-likeness (QED) is 0.617. The van der Waals surface area contributed by atoms with Crippen molar-refractivity contribution in [3.05, 3.63) is 55.3 Å². The van der Waals surface area contributed by atoms with Crippen molar-refractivity contribution in [3.8, 4) is 0 Å². The van der Waals surface area contributed by atoms with Gasteiger partial charge in [0, 0.05) is 6.54 Å². The summed E-state index contributed by atoms with van der Waals surface area (Å²) in [6.45, 7) is 2.63. The SMILES string of the molecule is Cc1cc2ncc(I)n2nc1NCc1ccc(Cl)c(Cl)c1. The largest absolute Gasteiger partial charge is 0.364 e. The number of halogens is 3. The van der Waals surface area contributed by atoms with Gasteiger partial charge in [0.1, 0.15) is 9.52 Å². The number of fused-ring (bicyclic) bond motifs is 1. The van der Waals surface area contributed by atoms with Crippen LogP contribution >= 0.6 is 45.8 Å². The zero-order valence-electron chi connectivity index (χ0n) is 11.1. The normalized spacial score (nSPS) is 11.0. The molecular weight excluding hydrogens is 422 g/mol. The third-order valence-corrected chi connectivity index (χ3v) is 4.56. The molecule has 108 valence electrons. The van der Waals surface area contributed by atoms with Crippen LogP contribution in [0.25, 0.3) is 5.65 Å². The number of hydrogen-bond donors (Lipinski definition) is 1. The number of aromatic nitrogens is 3. The van der Waals surface area contributed by atoms with Crippen LogP contribution in [0, 0.1) is 10.6 Å². The number of benzene rings is 1. The number of nitrogens with one attached hydrogen (secondary N) is 1. The van der Waals surface area contributed by atoms with Gasteiger partial charge >= 0.3 is 0 Å². The zero-order chi connectivity index (χ0) is 15.0. The summed E-state index contributed by atoms with van der Waals surface area (Å²) < 4.78 is 2.78. The zero-order valence-corrected chi connectivity index (χ0v) is 14.7. The number of hydrogen-bond acceptors (Lipinski definition) is 3. The van der Waals surface area contributed by atoms with Gasteiger partial charge in [0.25, 0.3) is 0 Å². The second kappa shape index (κ2) is 5.98. The van der Waals surface area contributed by atoms with Gasteiger partial charge in [-0.3, -0.25) is 0 Å². The van der Waals surface area contributed by atoms with Crippen LogP contribution in [-0.4, -0.2) is 14.6 Å². The Balaban J connectivity index is 1.85. The summed E-state index contributed by atoms with van der Waals surface area (Å²) in [6, 6.07) is 7.59. The summed E-state index contributed by atoms with van der Waals surface area (Å²) in [4.78, 5) is 4.29. The second-order valence-corrected chi connectivity index (χ2v) is 6.55. The first-order chi connectivity index (χ1) is 10.0. The van der Waals surface area contributed by atoms with Crippen molar-refractivity contribution < 1.29 is 0 Å². The fourth-order valence-corrected chi connectivity index (χ4v) is 2.80. The van der Waals surface area contributed by atoms with Crippen LogP contribution < -0.4 is 5.32 Å². The molecule has 0 spiro atoms. The molecule has 4 nitrogen and oxygen atoms in total. The van der Waals surface area contributed by atoms with Crippen LogP contribution in [0.4, 0.5) is 5.82 Å². The number of imidazole rings is 1. The topological polar surface area (TPSA) is 42.2 Å². The smallest absolute Gasteiger partial charge is 0.155 e. The highest BCUT2D eigenvalue weighted by Crippen LogP contribution is 2.23. The first kappa shape index (κ1) is 14.9. The van der Waals surface area contributed by atoms with E-state index in [0.717, 1.165) is 26.3 Å². The van der Waals surface area contributed by atoms with E-state index >= 15 is 0 Å². The third kappa shape index (κ3) is 3.09. The summed E-state index contributed by atoms with van der Waals surface area (Å²) in [6.07, 6.45) is 1.80. The lowest BCUT2D eigenvalue weighted by atomic mass is 10.2. The molecule has 0 aliphatic rings. The summed E-state index contributed by atoms with van der Waals surface area (Å²) in [7, 11) is 0. The average molecular weight is 433 g/mol. The molecule has 1 N–H and O–H groups in total. The third-order valence-electron chi connectivity index (χ3n) is 3.09. The molecule has 0 bridgehead atoms.